The lowest BCUT2D eigenvalue weighted by Crippen LogP contribution is -2.34. The number of H-pyrrole nitrogens is 1. The molecule has 2 aliphatic rings. The number of aromatic amines is 1. The second kappa shape index (κ2) is 4.69. The first-order valence-electron chi connectivity index (χ1n) is 7.34. The fourth-order valence-electron chi connectivity index (χ4n) is 3.15. The van der Waals surface area contributed by atoms with E-state index in [4.69, 9.17) is 9.15 Å². The van der Waals surface area contributed by atoms with E-state index in [1.807, 2.05) is 12.1 Å². The maximum atomic E-state index is 12.6. The van der Waals surface area contributed by atoms with Crippen LogP contribution in [-0.4, -0.2) is 41.6 Å². The van der Waals surface area contributed by atoms with Gasteiger partial charge in [0.1, 0.15) is 11.7 Å². The molecule has 1 unspecified atom stereocenters. The largest absolute Gasteiger partial charge is 0.417 e. The molecule has 0 bridgehead atoms. The Kier molecular flexibility index (Phi) is 2.88. The van der Waals surface area contributed by atoms with Crippen molar-refractivity contribution in [2.24, 2.45) is 0 Å². The molecule has 2 heterocycles. The van der Waals surface area contributed by atoms with E-state index in [2.05, 4.69) is 10.3 Å². The van der Waals surface area contributed by atoms with Gasteiger partial charge in [-0.25, -0.2) is 4.79 Å². The number of oxazole rings is 1. The standard InChI is InChI=1S/C15H17N3O4/c1-21-8-7-18-12(17-15(5-6-15)13(18)19)9-3-2-4-10-11(9)22-14(20)16-10/h2-4,12,17H,5-8H2,1H3,(H,16,20). The van der Waals surface area contributed by atoms with Gasteiger partial charge in [0, 0.05) is 19.2 Å². The molecule has 2 N–H and O–H groups in total. The van der Waals surface area contributed by atoms with Crippen LogP contribution >= 0.6 is 0 Å². The third-order valence-electron chi connectivity index (χ3n) is 4.45. The van der Waals surface area contributed by atoms with Gasteiger partial charge in [-0.1, -0.05) is 12.1 Å². The normalized spacial score (nSPS) is 22.9. The number of hydrogen-bond donors (Lipinski definition) is 2. The topological polar surface area (TPSA) is 87.6 Å². The average Bonchev–Trinajstić information content (AvgIpc) is 3.10. The van der Waals surface area contributed by atoms with Crippen molar-refractivity contribution in [1.82, 2.24) is 15.2 Å². The van der Waals surface area contributed by atoms with Crippen LogP contribution < -0.4 is 11.1 Å². The van der Waals surface area contributed by atoms with E-state index < -0.39 is 11.3 Å². The molecule has 1 aromatic carbocycles. The van der Waals surface area contributed by atoms with Gasteiger partial charge >= 0.3 is 5.76 Å². The number of para-hydroxylation sites is 1. The van der Waals surface area contributed by atoms with Crippen LogP contribution in [0.25, 0.3) is 11.1 Å². The van der Waals surface area contributed by atoms with Crippen molar-refractivity contribution in [2.45, 2.75) is 24.5 Å². The van der Waals surface area contributed by atoms with Crippen LogP contribution in [0.15, 0.2) is 27.4 Å². The van der Waals surface area contributed by atoms with Crippen molar-refractivity contribution in [1.29, 1.82) is 0 Å². The number of fused-ring (bicyclic) bond motifs is 1. The third-order valence-corrected chi connectivity index (χ3v) is 4.45. The van der Waals surface area contributed by atoms with Crippen molar-refractivity contribution in [3.8, 4) is 0 Å². The highest BCUT2D eigenvalue weighted by atomic mass is 16.5. The summed E-state index contributed by atoms with van der Waals surface area (Å²) in [6, 6.07) is 5.51. The van der Waals surface area contributed by atoms with Gasteiger partial charge in [0.05, 0.1) is 12.1 Å². The fraction of sp³-hybridized carbons (Fsp3) is 0.467. The Balaban J connectivity index is 1.78. The van der Waals surface area contributed by atoms with Crippen molar-refractivity contribution in [2.75, 3.05) is 20.3 Å². The summed E-state index contributed by atoms with van der Waals surface area (Å²) in [5, 5.41) is 3.41. The zero-order valence-corrected chi connectivity index (χ0v) is 12.2. The summed E-state index contributed by atoms with van der Waals surface area (Å²) in [4.78, 5) is 28.5. The summed E-state index contributed by atoms with van der Waals surface area (Å²) >= 11 is 0. The molecule has 116 valence electrons. The number of ether oxygens (including phenoxy) is 1. The molecule has 1 amide bonds. The highest BCUT2D eigenvalue weighted by molar-refractivity contribution is 5.92. The van der Waals surface area contributed by atoms with Gasteiger partial charge in [0.15, 0.2) is 5.58 Å². The van der Waals surface area contributed by atoms with Crippen LogP contribution in [0.2, 0.25) is 0 Å². The van der Waals surface area contributed by atoms with E-state index >= 15 is 0 Å². The van der Waals surface area contributed by atoms with E-state index in [1.165, 1.54) is 0 Å². The number of nitrogens with zero attached hydrogens (tertiary/aromatic N) is 1. The highest BCUT2D eigenvalue weighted by Gasteiger charge is 2.59. The molecule has 1 aromatic heterocycles. The molecule has 1 aliphatic heterocycles. The molecule has 7 heteroatoms. The van der Waals surface area contributed by atoms with Crippen LogP contribution in [0.1, 0.15) is 24.6 Å². The first kappa shape index (κ1) is 13.5. The van der Waals surface area contributed by atoms with Crippen molar-refractivity contribution >= 4 is 17.0 Å². The number of carbonyl (C=O) groups excluding carboxylic acids is 1. The average molecular weight is 303 g/mol. The quantitative estimate of drug-likeness (QED) is 0.869. The van der Waals surface area contributed by atoms with Crippen LogP contribution in [0.3, 0.4) is 0 Å². The molecule has 4 rings (SSSR count). The number of amides is 1. The lowest BCUT2D eigenvalue weighted by atomic mass is 10.1. The Morgan fingerprint density at radius 1 is 1.41 bits per heavy atom. The Labute approximate surface area is 126 Å². The van der Waals surface area contributed by atoms with Gasteiger partial charge in [0.25, 0.3) is 0 Å². The molecule has 22 heavy (non-hydrogen) atoms. The van der Waals surface area contributed by atoms with Crippen LogP contribution in [-0.2, 0) is 9.53 Å². The summed E-state index contributed by atoms with van der Waals surface area (Å²) in [7, 11) is 1.61. The number of benzene rings is 1. The Bertz CT molecular complexity index is 789. The number of methoxy groups -OCH3 is 1. The van der Waals surface area contributed by atoms with E-state index in [0.717, 1.165) is 18.4 Å². The Morgan fingerprint density at radius 2 is 2.23 bits per heavy atom. The molecule has 7 nitrogen and oxygen atoms in total. The number of nitrogens with one attached hydrogen (secondary N) is 2. The van der Waals surface area contributed by atoms with Gasteiger partial charge in [-0.3, -0.25) is 15.1 Å². The maximum Gasteiger partial charge on any atom is 0.417 e. The minimum absolute atomic E-state index is 0.101. The summed E-state index contributed by atoms with van der Waals surface area (Å²) < 4.78 is 10.4. The third kappa shape index (κ3) is 1.89. The van der Waals surface area contributed by atoms with Crippen LogP contribution in [0, 0.1) is 0 Å². The highest BCUT2D eigenvalue weighted by Crippen LogP contribution is 2.46. The first-order valence-corrected chi connectivity index (χ1v) is 7.34. The Morgan fingerprint density at radius 3 is 2.95 bits per heavy atom. The van der Waals surface area contributed by atoms with Crippen molar-refractivity contribution in [3.63, 3.8) is 0 Å². The van der Waals surface area contributed by atoms with Crippen molar-refractivity contribution < 1.29 is 13.9 Å². The smallest absolute Gasteiger partial charge is 0.407 e. The SMILES string of the molecule is COCCN1C(=O)C2(CC2)NC1c1cccc2[nH]c(=O)oc12. The maximum absolute atomic E-state index is 12.6. The van der Waals surface area contributed by atoms with Gasteiger partial charge in [-0.15, -0.1) is 0 Å². The first-order chi connectivity index (χ1) is 10.6. The van der Waals surface area contributed by atoms with E-state index in [1.54, 1.807) is 18.1 Å². The molecule has 1 atom stereocenters. The molecular formula is C15H17N3O4. The van der Waals surface area contributed by atoms with Gasteiger partial charge in [-0.2, -0.15) is 0 Å². The lowest BCUT2D eigenvalue weighted by Gasteiger charge is -2.24. The number of rotatable bonds is 4. The summed E-state index contributed by atoms with van der Waals surface area (Å²) in [6.07, 6.45) is 1.39. The zero-order valence-electron chi connectivity index (χ0n) is 12.2. The minimum atomic E-state index is -0.489. The van der Waals surface area contributed by atoms with Crippen molar-refractivity contribution in [3.05, 3.63) is 34.3 Å². The lowest BCUT2D eigenvalue weighted by molar-refractivity contribution is -0.131. The van der Waals surface area contributed by atoms with Crippen LogP contribution in [0.4, 0.5) is 0 Å². The number of carbonyl (C=O) groups is 1. The molecule has 1 aliphatic carbocycles. The minimum Gasteiger partial charge on any atom is -0.407 e. The van der Waals surface area contributed by atoms with Gasteiger partial charge < -0.3 is 14.1 Å². The molecular weight excluding hydrogens is 286 g/mol. The molecule has 2 fully saturated rings. The van der Waals surface area contributed by atoms with E-state index in [0.29, 0.717) is 24.3 Å². The van der Waals surface area contributed by atoms with Crippen LogP contribution in [0.5, 0.6) is 0 Å². The number of hydrogen-bond acceptors (Lipinski definition) is 5. The molecule has 0 radical (unpaired) electrons. The number of aromatic nitrogens is 1. The predicted molar refractivity (Wildman–Crippen MR) is 78.3 cm³/mol. The molecule has 1 saturated carbocycles. The zero-order chi connectivity index (χ0) is 15.3. The predicted octanol–water partition coefficient (Wildman–Crippen LogP) is 0.730. The summed E-state index contributed by atoms with van der Waals surface area (Å²) in [6.45, 7) is 0.965. The molecule has 2 aromatic rings. The second-order valence-electron chi connectivity index (χ2n) is 5.86. The summed E-state index contributed by atoms with van der Waals surface area (Å²) in [5.41, 5.74) is 1.50. The van der Waals surface area contributed by atoms with E-state index in [9.17, 15) is 9.59 Å². The summed E-state index contributed by atoms with van der Waals surface area (Å²) in [5.74, 6) is -0.388. The second-order valence-corrected chi connectivity index (χ2v) is 5.86. The van der Waals surface area contributed by atoms with Gasteiger partial charge in [-0.05, 0) is 18.9 Å². The molecule has 1 spiro atoms. The van der Waals surface area contributed by atoms with E-state index in [-0.39, 0.29) is 12.1 Å². The fourth-order valence-corrected chi connectivity index (χ4v) is 3.15. The Hall–Kier alpha value is -2.12. The van der Waals surface area contributed by atoms with Gasteiger partial charge in [0.2, 0.25) is 5.91 Å². The molecule has 1 saturated heterocycles. The monoisotopic (exact) mass is 303 g/mol.